The molecule has 0 unspecified atom stereocenters. The van der Waals surface area contributed by atoms with E-state index in [2.05, 4.69) is 9.72 Å². The van der Waals surface area contributed by atoms with E-state index < -0.39 is 5.97 Å². The lowest BCUT2D eigenvalue weighted by atomic mass is 10.2. The van der Waals surface area contributed by atoms with Gasteiger partial charge < -0.3 is 15.5 Å². The van der Waals surface area contributed by atoms with Gasteiger partial charge in [0.05, 0.1) is 12.8 Å². The third kappa shape index (κ3) is 3.58. The predicted molar refractivity (Wildman–Crippen MR) is 59.3 cm³/mol. The second-order valence-corrected chi connectivity index (χ2v) is 3.07. The maximum atomic E-state index is 10.9. The number of aromatic nitrogens is 1. The van der Waals surface area contributed by atoms with E-state index in [0.29, 0.717) is 5.70 Å². The van der Waals surface area contributed by atoms with Crippen LogP contribution in [0, 0.1) is 0 Å². The molecule has 0 aliphatic heterocycles. The van der Waals surface area contributed by atoms with Crippen molar-refractivity contribution in [1.82, 2.24) is 9.99 Å². The van der Waals surface area contributed by atoms with Gasteiger partial charge in [0.25, 0.3) is 0 Å². The number of ether oxygens (including phenoxy) is 1. The Morgan fingerprint density at radius 3 is 2.75 bits per heavy atom. The molecule has 0 aliphatic rings. The molecule has 0 spiro atoms. The van der Waals surface area contributed by atoms with E-state index >= 15 is 0 Å². The van der Waals surface area contributed by atoms with Crippen molar-refractivity contribution in [3.8, 4) is 0 Å². The summed E-state index contributed by atoms with van der Waals surface area (Å²) < 4.78 is 4.47. The second-order valence-electron chi connectivity index (χ2n) is 3.07. The average Bonchev–Trinajstić information content (AvgIpc) is 2.29. The summed E-state index contributed by atoms with van der Waals surface area (Å²) in [7, 11) is 1.30. The van der Waals surface area contributed by atoms with Crippen LogP contribution in [0.3, 0.4) is 0 Å². The van der Waals surface area contributed by atoms with Crippen molar-refractivity contribution in [2.75, 3.05) is 13.7 Å². The molecule has 0 aliphatic carbocycles. The number of hydrogen-bond donors (Lipinski definition) is 2. The fourth-order valence-electron chi connectivity index (χ4n) is 1.06. The van der Waals surface area contributed by atoms with Crippen molar-refractivity contribution in [2.45, 2.75) is 0 Å². The molecule has 0 saturated heterocycles. The number of hydrazine groups is 1. The number of hydrogen-bond acceptors (Lipinski definition) is 6. The first-order valence-corrected chi connectivity index (χ1v) is 4.59. The Morgan fingerprint density at radius 2 is 2.19 bits per heavy atom. The van der Waals surface area contributed by atoms with Gasteiger partial charge in [-0.1, -0.05) is 0 Å². The van der Waals surface area contributed by atoms with Crippen LogP contribution >= 0.6 is 0 Å². The molecule has 1 aromatic heterocycles. The van der Waals surface area contributed by atoms with Gasteiger partial charge in [0.2, 0.25) is 0 Å². The van der Waals surface area contributed by atoms with Crippen LogP contribution in [0.25, 0.3) is 5.70 Å². The lowest BCUT2D eigenvalue weighted by molar-refractivity contribution is -0.141. The van der Waals surface area contributed by atoms with E-state index in [1.807, 2.05) is 0 Å². The number of pyridine rings is 1. The zero-order valence-corrected chi connectivity index (χ0v) is 8.96. The van der Waals surface area contributed by atoms with Crippen LogP contribution in [-0.4, -0.2) is 29.6 Å². The molecule has 6 nitrogen and oxygen atoms in total. The minimum atomic E-state index is -0.429. The smallest absolute Gasteiger partial charge is 0.326 e. The summed E-state index contributed by atoms with van der Waals surface area (Å²) in [6.45, 7) is -0.0533. The van der Waals surface area contributed by atoms with E-state index in [4.69, 9.17) is 11.6 Å². The van der Waals surface area contributed by atoms with Crippen molar-refractivity contribution in [3.63, 3.8) is 0 Å². The Morgan fingerprint density at radius 1 is 1.56 bits per heavy atom. The molecule has 0 saturated carbocycles. The molecule has 0 bridgehead atoms. The molecule has 0 fully saturated rings. The third-order valence-corrected chi connectivity index (χ3v) is 1.86. The summed E-state index contributed by atoms with van der Waals surface area (Å²) in [6, 6.07) is 3.50. The van der Waals surface area contributed by atoms with E-state index in [0.717, 1.165) is 5.56 Å². The van der Waals surface area contributed by atoms with Crippen LogP contribution in [0.1, 0.15) is 5.56 Å². The Kier molecular flexibility index (Phi) is 4.28. The van der Waals surface area contributed by atoms with Crippen molar-refractivity contribution >= 4 is 11.7 Å². The van der Waals surface area contributed by atoms with Gasteiger partial charge in [-0.15, -0.1) is 0 Å². The lowest BCUT2D eigenvalue weighted by Gasteiger charge is -2.13. The fourth-order valence-corrected chi connectivity index (χ4v) is 1.06. The number of methoxy groups -OCH3 is 1. The minimum Gasteiger partial charge on any atom is -0.468 e. The van der Waals surface area contributed by atoms with Crippen molar-refractivity contribution in [3.05, 3.63) is 36.3 Å². The van der Waals surface area contributed by atoms with Gasteiger partial charge in [0.1, 0.15) is 6.54 Å². The Hall–Kier alpha value is -2.08. The average molecular weight is 222 g/mol. The monoisotopic (exact) mass is 222 g/mol. The van der Waals surface area contributed by atoms with Gasteiger partial charge in [-0.3, -0.25) is 9.78 Å². The molecule has 4 N–H and O–H groups in total. The van der Waals surface area contributed by atoms with Crippen molar-refractivity contribution in [1.29, 1.82) is 0 Å². The van der Waals surface area contributed by atoms with Crippen LogP contribution in [0.4, 0.5) is 0 Å². The predicted octanol–water partition coefficient (Wildman–Crippen LogP) is -0.313. The number of nitrogens with two attached hydrogens (primary N) is 2. The molecule has 1 heterocycles. The van der Waals surface area contributed by atoms with Gasteiger partial charge in [-0.2, -0.15) is 0 Å². The van der Waals surface area contributed by atoms with Crippen molar-refractivity contribution < 1.29 is 9.53 Å². The summed E-state index contributed by atoms with van der Waals surface area (Å²) >= 11 is 0. The van der Waals surface area contributed by atoms with Gasteiger partial charge in [-0.05, 0) is 12.1 Å². The summed E-state index contributed by atoms with van der Waals surface area (Å²) in [5, 5.41) is 1.17. The van der Waals surface area contributed by atoms with Gasteiger partial charge >= 0.3 is 5.97 Å². The summed E-state index contributed by atoms with van der Waals surface area (Å²) in [4.78, 5) is 14.8. The molecule has 0 atom stereocenters. The highest BCUT2D eigenvalue weighted by atomic mass is 16.5. The highest BCUT2D eigenvalue weighted by molar-refractivity contribution is 5.72. The molecule has 16 heavy (non-hydrogen) atoms. The first kappa shape index (κ1) is 12.0. The molecule has 0 aromatic carbocycles. The third-order valence-electron chi connectivity index (χ3n) is 1.86. The number of rotatable bonds is 4. The second kappa shape index (κ2) is 5.72. The van der Waals surface area contributed by atoms with E-state index in [1.54, 1.807) is 24.5 Å². The first-order chi connectivity index (χ1) is 7.63. The first-order valence-electron chi connectivity index (χ1n) is 4.59. The van der Waals surface area contributed by atoms with E-state index in [-0.39, 0.29) is 6.54 Å². The fraction of sp³-hybridized carbons (Fsp3) is 0.200. The molecular formula is C10H14N4O2. The van der Waals surface area contributed by atoms with Crippen LogP contribution in [0.5, 0.6) is 0 Å². The molecule has 1 aromatic rings. The molecular weight excluding hydrogens is 208 g/mol. The molecule has 0 radical (unpaired) electrons. The van der Waals surface area contributed by atoms with Crippen LogP contribution < -0.4 is 11.6 Å². The summed E-state index contributed by atoms with van der Waals surface area (Å²) in [5.74, 6) is 5.12. The minimum absolute atomic E-state index is 0.0533. The van der Waals surface area contributed by atoms with Gasteiger partial charge in [0.15, 0.2) is 0 Å². The van der Waals surface area contributed by atoms with Crippen molar-refractivity contribution in [2.24, 2.45) is 11.6 Å². The number of nitrogens with zero attached hydrogens (tertiary/aromatic N) is 2. The zero-order chi connectivity index (χ0) is 12.0. The quantitative estimate of drug-likeness (QED) is 0.412. The number of carbonyl (C=O) groups is 1. The van der Waals surface area contributed by atoms with Crippen LogP contribution in [0.2, 0.25) is 0 Å². The Labute approximate surface area is 93.5 Å². The Bertz CT molecular complexity index is 378. The molecule has 1 rings (SSSR count). The SMILES string of the molecule is COC(=O)CN(N)/C=C(\N)c1ccncc1. The molecule has 6 heteroatoms. The normalized spacial score (nSPS) is 11.0. The van der Waals surface area contributed by atoms with E-state index in [1.165, 1.54) is 18.3 Å². The van der Waals surface area contributed by atoms with Gasteiger partial charge in [-0.25, -0.2) is 5.84 Å². The highest BCUT2D eigenvalue weighted by Gasteiger charge is 2.04. The van der Waals surface area contributed by atoms with Crippen LogP contribution in [-0.2, 0) is 9.53 Å². The zero-order valence-electron chi connectivity index (χ0n) is 8.96. The Balaban J connectivity index is 2.66. The number of carbonyl (C=O) groups excluding carboxylic acids is 1. The lowest BCUT2D eigenvalue weighted by Crippen LogP contribution is -2.32. The molecule has 86 valence electrons. The molecule has 0 amide bonds. The van der Waals surface area contributed by atoms with Crippen LogP contribution in [0.15, 0.2) is 30.7 Å². The largest absolute Gasteiger partial charge is 0.468 e. The maximum absolute atomic E-state index is 10.9. The number of esters is 1. The summed E-state index contributed by atoms with van der Waals surface area (Å²) in [6.07, 6.45) is 4.71. The topological polar surface area (TPSA) is 94.5 Å². The van der Waals surface area contributed by atoms with E-state index in [9.17, 15) is 4.79 Å². The van der Waals surface area contributed by atoms with Gasteiger partial charge in [0, 0.05) is 24.2 Å². The maximum Gasteiger partial charge on any atom is 0.326 e. The highest BCUT2D eigenvalue weighted by Crippen LogP contribution is 2.06. The summed E-state index contributed by atoms with van der Waals surface area (Å²) in [5.41, 5.74) is 7.01. The standard InChI is InChI=1S/C10H14N4O2/c1-16-10(15)7-14(12)6-9(11)8-2-4-13-5-3-8/h2-6H,7,11-12H2,1H3/b9-6-.